The summed E-state index contributed by atoms with van der Waals surface area (Å²) in [6, 6.07) is 3.34. The van der Waals surface area contributed by atoms with E-state index in [1.54, 1.807) is 19.1 Å². The molecule has 0 saturated heterocycles. The van der Waals surface area contributed by atoms with Gasteiger partial charge in [-0.3, -0.25) is 0 Å². The van der Waals surface area contributed by atoms with Crippen LogP contribution in [0.3, 0.4) is 0 Å². The number of furan rings is 1. The summed E-state index contributed by atoms with van der Waals surface area (Å²) in [5.74, 6) is 1.01. The highest BCUT2D eigenvalue weighted by atomic mass is 19.1. The van der Waals surface area contributed by atoms with E-state index < -0.39 is 5.67 Å². The fourth-order valence-corrected chi connectivity index (χ4v) is 0.815. The molecule has 1 aromatic rings. The van der Waals surface area contributed by atoms with Crippen LogP contribution in [-0.2, 0) is 5.67 Å². The Balaban J connectivity index is 2.92. The van der Waals surface area contributed by atoms with Crippen molar-refractivity contribution < 1.29 is 8.81 Å². The van der Waals surface area contributed by atoms with Crippen molar-refractivity contribution in [3.63, 3.8) is 0 Å². The van der Waals surface area contributed by atoms with Gasteiger partial charge in [-0.15, -0.1) is 0 Å². The van der Waals surface area contributed by atoms with E-state index in [4.69, 9.17) is 10.2 Å². The Morgan fingerprint density at radius 1 is 1.64 bits per heavy atom. The Morgan fingerprint density at radius 2 is 2.27 bits per heavy atom. The van der Waals surface area contributed by atoms with Gasteiger partial charge in [0.25, 0.3) is 0 Å². The normalized spacial score (nSPS) is 16.4. The fraction of sp³-hybridized carbons (Fsp3) is 0.500. The molecule has 1 heterocycles. The number of aryl methyl sites for hydroxylation is 1. The third-order valence-electron chi connectivity index (χ3n) is 1.64. The van der Waals surface area contributed by atoms with E-state index in [2.05, 4.69) is 0 Å². The van der Waals surface area contributed by atoms with E-state index in [0.717, 1.165) is 0 Å². The van der Waals surface area contributed by atoms with Crippen LogP contribution in [0.4, 0.5) is 4.39 Å². The zero-order valence-electron chi connectivity index (χ0n) is 6.73. The molecule has 0 aliphatic carbocycles. The minimum atomic E-state index is -1.53. The molecule has 11 heavy (non-hydrogen) atoms. The first-order valence-corrected chi connectivity index (χ1v) is 3.52. The van der Waals surface area contributed by atoms with Crippen LogP contribution >= 0.6 is 0 Å². The van der Waals surface area contributed by atoms with E-state index in [1.165, 1.54) is 6.92 Å². The number of hydrogen-bond donors (Lipinski definition) is 1. The van der Waals surface area contributed by atoms with Crippen LogP contribution in [0.25, 0.3) is 0 Å². The van der Waals surface area contributed by atoms with Gasteiger partial charge in [-0.2, -0.15) is 0 Å². The van der Waals surface area contributed by atoms with Gasteiger partial charge in [0, 0.05) is 6.54 Å². The van der Waals surface area contributed by atoms with Crippen molar-refractivity contribution in [2.75, 3.05) is 6.54 Å². The summed E-state index contributed by atoms with van der Waals surface area (Å²) >= 11 is 0. The molecular formula is C8H12FNO. The lowest BCUT2D eigenvalue weighted by molar-refractivity contribution is 0.162. The van der Waals surface area contributed by atoms with Crippen LogP contribution in [0.5, 0.6) is 0 Å². The van der Waals surface area contributed by atoms with Gasteiger partial charge >= 0.3 is 0 Å². The smallest absolute Gasteiger partial charge is 0.177 e. The topological polar surface area (TPSA) is 39.2 Å². The summed E-state index contributed by atoms with van der Waals surface area (Å²) in [7, 11) is 0. The van der Waals surface area contributed by atoms with Crippen molar-refractivity contribution in [3.05, 3.63) is 23.7 Å². The van der Waals surface area contributed by atoms with Crippen LogP contribution in [0, 0.1) is 6.92 Å². The predicted octanol–water partition coefficient (Wildman–Crippen LogP) is 1.73. The molecule has 1 aromatic heterocycles. The van der Waals surface area contributed by atoms with Crippen molar-refractivity contribution in [2.45, 2.75) is 19.5 Å². The molecule has 62 valence electrons. The van der Waals surface area contributed by atoms with E-state index in [-0.39, 0.29) is 6.54 Å². The van der Waals surface area contributed by atoms with Gasteiger partial charge in [0.15, 0.2) is 5.67 Å². The second-order valence-electron chi connectivity index (χ2n) is 2.81. The third kappa shape index (κ3) is 1.60. The van der Waals surface area contributed by atoms with Gasteiger partial charge in [0.2, 0.25) is 0 Å². The summed E-state index contributed by atoms with van der Waals surface area (Å²) < 4.78 is 18.4. The highest BCUT2D eigenvalue weighted by Gasteiger charge is 2.27. The molecule has 3 heteroatoms. The minimum absolute atomic E-state index is 0.0556. The molecular weight excluding hydrogens is 145 g/mol. The van der Waals surface area contributed by atoms with Crippen LogP contribution < -0.4 is 5.73 Å². The summed E-state index contributed by atoms with van der Waals surface area (Å²) in [4.78, 5) is 0. The zero-order valence-corrected chi connectivity index (χ0v) is 6.73. The van der Waals surface area contributed by atoms with Gasteiger partial charge < -0.3 is 10.2 Å². The second kappa shape index (κ2) is 2.66. The molecule has 2 N–H and O–H groups in total. The number of nitrogens with two attached hydrogens (primary N) is 1. The monoisotopic (exact) mass is 157 g/mol. The standard InChI is InChI=1S/C8H12FNO/c1-6-3-4-7(11-6)8(2,9)5-10/h3-4H,5,10H2,1-2H3. The first-order valence-electron chi connectivity index (χ1n) is 3.52. The molecule has 1 unspecified atom stereocenters. The Kier molecular flexibility index (Phi) is 2.00. The van der Waals surface area contributed by atoms with Crippen molar-refractivity contribution in [2.24, 2.45) is 5.73 Å². The molecule has 0 bridgehead atoms. The summed E-state index contributed by atoms with van der Waals surface area (Å²) in [6.45, 7) is 3.13. The average Bonchev–Trinajstić information content (AvgIpc) is 2.36. The molecule has 0 aliphatic heterocycles. The van der Waals surface area contributed by atoms with Crippen molar-refractivity contribution >= 4 is 0 Å². The number of halogens is 1. The lowest BCUT2D eigenvalue weighted by Gasteiger charge is -2.13. The first kappa shape index (κ1) is 8.27. The van der Waals surface area contributed by atoms with Crippen LogP contribution in [0.1, 0.15) is 18.4 Å². The molecule has 0 amide bonds. The molecule has 0 radical (unpaired) electrons. The van der Waals surface area contributed by atoms with Gasteiger partial charge in [-0.05, 0) is 26.0 Å². The molecule has 2 nitrogen and oxygen atoms in total. The first-order chi connectivity index (χ1) is 5.06. The molecule has 0 saturated carbocycles. The van der Waals surface area contributed by atoms with Crippen molar-refractivity contribution in [3.8, 4) is 0 Å². The zero-order chi connectivity index (χ0) is 8.48. The van der Waals surface area contributed by atoms with Gasteiger partial charge in [-0.1, -0.05) is 0 Å². The molecule has 0 aromatic carbocycles. The number of alkyl halides is 1. The highest BCUT2D eigenvalue weighted by Crippen LogP contribution is 2.25. The van der Waals surface area contributed by atoms with Crippen molar-refractivity contribution in [1.82, 2.24) is 0 Å². The van der Waals surface area contributed by atoms with Crippen LogP contribution in [-0.4, -0.2) is 6.54 Å². The SMILES string of the molecule is Cc1ccc(C(C)(F)CN)o1. The number of rotatable bonds is 2. The molecule has 1 atom stereocenters. The quantitative estimate of drug-likeness (QED) is 0.710. The van der Waals surface area contributed by atoms with Gasteiger partial charge in [0.1, 0.15) is 11.5 Å². The molecule has 0 fully saturated rings. The Hall–Kier alpha value is -0.830. The second-order valence-corrected chi connectivity index (χ2v) is 2.81. The van der Waals surface area contributed by atoms with E-state index in [0.29, 0.717) is 11.5 Å². The Labute approximate surface area is 65.2 Å². The third-order valence-corrected chi connectivity index (χ3v) is 1.64. The average molecular weight is 157 g/mol. The summed E-state index contributed by atoms with van der Waals surface area (Å²) in [5, 5.41) is 0. The van der Waals surface area contributed by atoms with Gasteiger partial charge in [-0.25, -0.2) is 4.39 Å². The Morgan fingerprint density at radius 3 is 2.64 bits per heavy atom. The van der Waals surface area contributed by atoms with Gasteiger partial charge in [0.05, 0.1) is 0 Å². The van der Waals surface area contributed by atoms with Crippen LogP contribution in [0.2, 0.25) is 0 Å². The molecule has 1 rings (SSSR count). The largest absolute Gasteiger partial charge is 0.463 e. The lowest BCUT2D eigenvalue weighted by Crippen LogP contribution is -2.25. The fourth-order valence-electron chi connectivity index (χ4n) is 0.815. The lowest BCUT2D eigenvalue weighted by atomic mass is 10.1. The maximum Gasteiger partial charge on any atom is 0.177 e. The molecule has 0 aliphatic rings. The maximum atomic E-state index is 13.3. The predicted molar refractivity (Wildman–Crippen MR) is 41.0 cm³/mol. The minimum Gasteiger partial charge on any atom is -0.463 e. The van der Waals surface area contributed by atoms with Crippen molar-refractivity contribution in [1.29, 1.82) is 0 Å². The summed E-state index contributed by atoms with van der Waals surface area (Å²) in [6.07, 6.45) is 0. The number of hydrogen-bond acceptors (Lipinski definition) is 2. The summed E-state index contributed by atoms with van der Waals surface area (Å²) in [5.41, 5.74) is 3.68. The highest BCUT2D eigenvalue weighted by molar-refractivity contribution is 5.12. The van der Waals surface area contributed by atoms with E-state index >= 15 is 0 Å². The van der Waals surface area contributed by atoms with E-state index in [9.17, 15) is 4.39 Å². The molecule has 0 spiro atoms. The van der Waals surface area contributed by atoms with E-state index in [1.807, 2.05) is 0 Å². The van der Waals surface area contributed by atoms with Crippen LogP contribution in [0.15, 0.2) is 16.5 Å². The maximum absolute atomic E-state index is 13.3. The Bertz CT molecular complexity index is 242.